The van der Waals surface area contributed by atoms with Gasteiger partial charge in [-0.25, -0.2) is 14.6 Å². The summed E-state index contributed by atoms with van der Waals surface area (Å²) in [6, 6.07) is 25.6. The standard InChI is InChI=1S/C37H33Cl2N3O5/c1-23(2)22-47-37(45)41-32-16-13-28(18-34(32)46-3)26-9-4-24(5-10-26)8-17-35-40-33(30-15-14-29(38)19-31(30)39)21-42(35)20-25-6-11-27(12-7-25)36(43)44/h4-19,21,23H,20,22H2,1-3H3,(H,41,45)(H,43,44)/b17-8+. The zero-order valence-corrected chi connectivity index (χ0v) is 27.5. The molecule has 47 heavy (non-hydrogen) atoms. The van der Waals surface area contributed by atoms with Crippen molar-refractivity contribution >= 4 is 53.1 Å². The van der Waals surface area contributed by atoms with Crippen LogP contribution in [0.1, 0.15) is 41.2 Å². The van der Waals surface area contributed by atoms with Gasteiger partial charge in [-0.3, -0.25) is 5.32 Å². The van der Waals surface area contributed by atoms with Crippen molar-refractivity contribution < 1.29 is 24.2 Å². The van der Waals surface area contributed by atoms with Gasteiger partial charge in [0, 0.05) is 23.3 Å². The number of carbonyl (C=O) groups is 2. The molecule has 0 aliphatic rings. The molecule has 0 atom stereocenters. The van der Waals surface area contributed by atoms with Crippen LogP contribution in [0.25, 0.3) is 34.5 Å². The summed E-state index contributed by atoms with van der Waals surface area (Å²) < 4.78 is 12.7. The SMILES string of the molecule is COc1cc(-c2ccc(/C=C/c3nc(-c4ccc(Cl)cc4Cl)cn3Cc3ccc(C(=O)O)cc3)cc2)ccc1NC(=O)OCC(C)C. The van der Waals surface area contributed by atoms with E-state index in [4.69, 9.17) is 37.7 Å². The molecule has 0 fully saturated rings. The van der Waals surface area contributed by atoms with Crippen LogP contribution in [0.4, 0.5) is 10.5 Å². The molecule has 0 unspecified atom stereocenters. The average Bonchev–Trinajstić information content (AvgIpc) is 3.45. The van der Waals surface area contributed by atoms with Crippen molar-refractivity contribution in [2.75, 3.05) is 19.0 Å². The fraction of sp³-hybridized carbons (Fsp3) is 0.162. The molecule has 0 bridgehead atoms. The summed E-state index contributed by atoms with van der Waals surface area (Å²) in [7, 11) is 1.55. The third kappa shape index (κ3) is 8.61. The highest BCUT2D eigenvalue weighted by atomic mass is 35.5. The number of carbonyl (C=O) groups excluding carboxylic acids is 1. The predicted octanol–water partition coefficient (Wildman–Crippen LogP) is 9.65. The molecule has 0 saturated carbocycles. The maximum atomic E-state index is 12.2. The van der Waals surface area contributed by atoms with Crippen molar-refractivity contribution in [2.24, 2.45) is 5.92 Å². The van der Waals surface area contributed by atoms with Crippen LogP contribution < -0.4 is 10.1 Å². The molecule has 0 saturated heterocycles. The molecule has 5 rings (SSSR count). The molecule has 0 aliphatic carbocycles. The molecule has 1 aromatic heterocycles. The number of rotatable bonds is 11. The summed E-state index contributed by atoms with van der Waals surface area (Å²) in [6.07, 6.45) is 5.29. The Morgan fingerprint density at radius 2 is 1.66 bits per heavy atom. The molecule has 2 N–H and O–H groups in total. The number of imidazole rings is 1. The average molecular weight is 671 g/mol. The molecule has 8 nitrogen and oxygen atoms in total. The lowest BCUT2D eigenvalue weighted by Gasteiger charge is -2.13. The number of amides is 1. The maximum Gasteiger partial charge on any atom is 0.411 e. The van der Waals surface area contributed by atoms with Gasteiger partial charge < -0.3 is 19.1 Å². The lowest BCUT2D eigenvalue weighted by molar-refractivity contribution is 0.0696. The number of hydrogen-bond donors (Lipinski definition) is 2. The van der Waals surface area contributed by atoms with Crippen molar-refractivity contribution in [3.05, 3.63) is 124 Å². The monoisotopic (exact) mass is 669 g/mol. The third-order valence-electron chi connectivity index (χ3n) is 7.22. The first-order chi connectivity index (χ1) is 22.6. The fourth-order valence-corrected chi connectivity index (χ4v) is 5.29. The number of ether oxygens (including phenoxy) is 2. The Kier molecular flexibility index (Phi) is 10.7. The third-order valence-corrected chi connectivity index (χ3v) is 7.77. The zero-order valence-electron chi connectivity index (χ0n) is 26.0. The molecule has 10 heteroatoms. The molecule has 0 spiro atoms. The van der Waals surface area contributed by atoms with Gasteiger partial charge in [0.15, 0.2) is 0 Å². The number of halogens is 2. The number of carboxylic acids is 1. The van der Waals surface area contributed by atoms with Crippen LogP contribution in [0.3, 0.4) is 0 Å². The largest absolute Gasteiger partial charge is 0.495 e. The van der Waals surface area contributed by atoms with E-state index in [1.807, 2.05) is 79.2 Å². The molecule has 240 valence electrons. The van der Waals surface area contributed by atoms with E-state index in [0.717, 1.165) is 27.8 Å². The summed E-state index contributed by atoms with van der Waals surface area (Å²) in [5.41, 5.74) is 5.96. The van der Waals surface area contributed by atoms with E-state index in [1.165, 1.54) is 0 Å². The van der Waals surface area contributed by atoms with Crippen LogP contribution in [0.5, 0.6) is 5.75 Å². The van der Waals surface area contributed by atoms with E-state index >= 15 is 0 Å². The predicted molar refractivity (Wildman–Crippen MR) is 187 cm³/mol. The highest BCUT2D eigenvalue weighted by Gasteiger charge is 2.14. The van der Waals surface area contributed by atoms with Crippen LogP contribution in [0.2, 0.25) is 10.0 Å². The fourth-order valence-electron chi connectivity index (χ4n) is 4.79. The van der Waals surface area contributed by atoms with E-state index in [0.29, 0.717) is 46.2 Å². The lowest BCUT2D eigenvalue weighted by atomic mass is 10.0. The van der Waals surface area contributed by atoms with Crippen molar-refractivity contribution in [1.29, 1.82) is 0 Å². The van der Waals surface area contributed by atoms with Crippen LogP contribution in [-0.2, 0) is 11.3 Å². The normalized spacial score (nSPS) is 11.2. The summed E-state index contributed by atoms with van der Waals surface area (Å²) in [4.78, 5) is 28.3. The first-order valence-corrected chi connectivity index (χ1v) is 15.6. The highest BCUT2D eigenvalue weighted by Crippen LogP contribution is 2.32. The number of aromatic carboxylic acids is 1. The molecule has 4 aromatic carbocycles. The number of hydrogen-bond acceptors (Lipinski definition) is 5. The Morgan fingerprint density at radius 3 is 2.32 bits per heavy atom. The van der Waals surface area contributed by atoms with Crippen molar-refractivity contribution in [3.63, 3.8) is 0 Å². The second-order valence-electron chi connectivity index (χ2n) is 11.2. The van der Waals surface area contributed by atoms with Gasteiger partial charge in [-0.15, -0.1) is 0 Å². The van der Waals surface area contributed by atoms with Gasteiger partial charge in [0.2, 0.25) is 0 Å². The summed E-state index contributed by atoms with van der Waals surface area (Å²) in [5, 5.41) is 13.0. The number of carboxylic acid groups (broad SMARTS) is 1. The minimum absolute atomic E-state index is 0.226. The Labute approximate surface area is 283 Å². The van der Waals surface area contributed by atoms with Crippen LogP contribution in [0.15, 0.2) is 91.1 Å². The zero-order chi connectivity index (χ0) is 33.5. The van der Waals surface area contributed by atoms with E-state index in [1.54, 1.807) is 49.6 Å². The number of nitrogens with zero attached hydrogens (tertiary/aromatic N) is 2. The summed E-state index contributed by atoms with van der Waals surface area (Å²) >= 11 is 12.6. The highest BCUT2D eigenvalue weighted by molar-refractivity contribution is 6.36. The van der Waals surface area contributed by atoms with Crippen molar-refractivity contribution in [3.8, 4) is 28.1 Å². The van der Waals surface area contributed by atoms with E-state index in [9.17, 15) is 14.7 Å². The molecule has 0 radical (unpaired) electrons. The number of aromatic nitrogens is 2. The van der Waals surface area contributed by atoms with Crippen LogP contribution >= 0.6 is 23.2 Å². The first kappa shape index (κ1) is 33.3. The number of anilines is 1. The minimum Gasteiger partial charge on any atom is -0.495 e. The second-order valence-corrected chi connectivity index (χ2v) is 12.1. The number of methoxy groups -OCH3 is 1. The van der Waals surface area contributed by atoms with E-state index in [-0.39, 0.29) is 11.5 Å². The Balaban J connectivity index is 1.37. The van der Waals surface area contributed by atoms with Gasteiger partial charge in [-0.05, 0) is 76.7 Å². The molecular weight excluding hydrogens is 637 g/mol. The molecule has 1 heterocycles. The Hall–Kier alpha value is -5.05. The molecular formula is C37H33Cl2N3O5. The van der Waals surface area contributed by atoms with Crippen LogP contribution in [0, 0.1) is 5.92 Å². The van der Waals surface area contributed by atoms with Gasteiger partial charge in [-0.2, -0.15) is 0 Å². The lowest BCUT2D eigenvalue weighted by Crippen LogP contribution is -2.17. The molecule has 0 aliphatic heterocycles. The topological polar surface area (TPSA) is 103 Å². The quantitative estimate of drug-likeness (QED) is 0.145. The summed E-state index contributed by atoms with van der Waals surface area (Å²) in [5.74, 6) is 0.479. The van der Waals surface area contributed by atoms with E-state index in [2.05, 4.69) is 5.32 Å². The minimum atomic E-state index is -0.972. The smallest absolute Gasteiger partial charge is 0.411 e. The summed E-state index contributed by atoms with van der Waals surface area (Å²) in [6.45, 7) is 4.74. The van der Waals surface area contributed by atoms with E-state index < -0.39 is 12.1 Å². The Bertz CT molecular complexity index is 1920. The van der Waals surface area contributed by atoms with Gasteiger partial charge in [-0.1, -0.05) is 85.6 Å². The molecule has 1 amide bonds. The number of nitrogens with one attached hydrogen (secondary N) is 1. The van der Waals surface area contributed by atoms with Gasteiger partial charge in [0.25, 0.3) is 0 Å². The Morgan fingerprint density at radius 1 is 0.936 bits per heavy atom. The van der Waals surface area contributed by atoms with Crippen molar-refractivity contribution in [2.45, 2.75) is 20.4 Å². The first-order valence-electron chi connectivity index (χ1n) is 14.8. The van der Waals surface area contributed by atoms with Gasteiger partial charge >= 0.3 is 12.1 Å². The van der Waals surface area contributed by atoms with Crippen molar-refractivity contribution in [1.82, 2.24) is 9.55 Å². The number of benzene rings is 4. The van der Waals surface area contributed by atoms with Gasteiger partial charge in [0.05, 0.1) is 35.7 Å². The van der Waals surface area contributed by atoms with Crippen LogP contribution in [-0.4, -0.2) is 40.4 Å². The van der Waals surface area contributed by atoms with Gasteiger partial charge in [0.1, 0.15) is 11.6 Å². The second kappa shape index (κ2) is 15.0. The molecule has 5 aromatic rings. The maximum absolute atomic E-state index is 12.2.